The van der Waals surface area contributed by atoms with Crippen molar-refractivity contribution in [3.8, 4) is 0 Å². The molecule has 0 fully saturated rings. The Morgan fingerprint density at radius 3 is 2.44 bits per heavy atom. The van der Waals surface area contributed by atoms with Crippen molar-refractivity contribution in [1.82, 2.24) is 20.1 Å². The third kappa shape index (κ3) is 5.63. The topological polar surface area (TPSA) is 42.7 Å². The van der Waals surface area contributed by atoms with Gasteiger partial charge in [-0.1, -0.05) is 45.4 Å². The Kier molecular flexibility index (Phi) is 7.65. The lowest BCUT2D eigenvalue weighted by Crippen LogP contribution is -2.22. The molecule has 1 rings (SSSR count). The number of nitrogens with one attached hydrogen (secondary N) is 1. The maximum absolute atomic E-state index is 4.11. The average molecular weight is 252 g/mol. The summed E-state index contributed by atoms with van der Waals surface area (Å²) >= 11 is 0. The van der Waals surface area contributed by atoms with Gasteiger partial charge in [-0.05, 0) is 19.9 Å². The van der Waals surface area contributed by atoms with E-state index in [0.29, 0.717) is 0 Å². The SMILES string of the molecule is CCCCCCCCCNC(C)c1nncn1C. The Bertz CT molecular complexity index is 308. The second-order valence-electron chi connectivity index (χ2n) is 5.10. The van der Waals surface area contributed by atoms with Gasteiger partial charge in [-0.25, -0.2) is 0 Å². The highest BCUT2D eigenvalue weighted by Gasteiger charge is 2.09. The highest BCUT2D eigenvalue weighted by Crippen LogP contribution is 2.09. The maximum Gasteiger partial charge on any atom is 0.149 e. The van der Waals surface area contributed by atoms with Crippen LogP contribution in [0.25, 0.3) is 0 Å². The second kappa shape index (κ2) is 9.09. The van der Waals surface area contributed by atoms with E-state index in [-0.39, 0.29) is 6.04 Å². The predicted molar refractivity (Wildman–Crippen MR) is 75.4 cm³/mol. The predicted octanol–water partition coefficient (Wildman–Crippen LogP) is 3.22. The molecule has 0 spiro atoms. The fraction of sp³-hybridized carbons (Fsp3) is 0.857. The molecular formula is C14H28N4. The van der Waals surface area contributed by atoms with E-state index in [1.165, 1.54) is 44.9 Å². The Hall–Kier alpha value is -0.900. The molecule has 0 saturated carbocycles. The van der Waals surface area contributed by atoms with E-state index in [9.17, 15) is 0 Å². The molecule has 0 aliphatic rings. The quantitative estimate of drug-likeness (QED) is 0.650. The molecule has 1 aromatic rings. The van der Waals surface area contributed by atoms with Crippen molar-refractivity contribution >= 4 is 0 Å². The van der Waals surface area contributed by atoms with Gasteiger partial charge in [-0.3, -0.25) is 0 Å². The van der Waals surface area contributed by atoms with Crippen molar-refractivity contribution in [1.29, 1.82) is 0 Å². The van der Waals surface area contributed by atoms with Crippen LogP contribution < -0.4 is 5.32 Å². The molecule has 1 N–H and O–H groups in total. The summed E-state index contributed by atoms with van der Waals surface area (Å²) in [6.45, 7) is 5.48. The van der Waals surface area contributed by atoms with E-state index in [1.54, 1.807) is 6.33 Å². The van der Waals surface area contributed by atoms with E-state index in [0.717, 1.165) is 12.4 Å². The molecule has 1 heterocycles. The third-order valence-corrected chi connectivity index (χ3v) is 3.36. The molecule has 0 amide bonds. The van der Waals surface area contributed by atoms with Crippen LogP contribution in [0.4, 0.5) is 0 Å². The van der Waals surface area contributed by atoms with E-state index in [2.05, 4.69) is 29.4 Å². The molecular weight excluding hydrogens is 224 g/mol. The van der Waals surface area contributed by atoms with Crippen molar-refractivity contribution in [3.63, 3.8) is 0 Å². The van der Waals surface area contributed by atoms with Crippen LogP contribution in [-0.4, -0.2) is 21.3 Å². The zero-order chi connectivity index (χ0) is 13.2. The molecule has 1 unspecified atom stereocenters. The summed E-state index contributed by atoms with van der Waals surface area (Å²) in [5.74, 6) is 1.01. The van der Waals surface area contributed by atoms with Crippen LogP contribution in [0.1, 0.15) is 70.7 Å². The van der Waals surface area contributed by atoms with Crippen LogP contribution >= 0.6 is 0 Å². The molecule has 0 aliphatic carbocycles. The summed E-state index contributed by atoms with van der Waals surface area (Å²) in [4.78, 5) is 0. The first-order valence-corrected chi connectivity index (χ1v) is 7.33. The second-order valence-corrected chi connectivity index (χ2v) is 5.10. The monoisotopic (exact) mass is 252 g/mol. The van der Waals surface area contributed by atoms with E-state index in [1.807, 2.05) is 11.6 Å². The van der Waals surface area contributed by atoms with Gasteiger partial charge in [0.25, 0.3) is 0 Å². The van der Waals surface area contributed by atoms with Crippen LogP contribution in [0.15, 0.2) is 6.33 Å². The van der Waals surface area contributed by atoms with Gasteiger partial charge in [0, 0.05) is 7.05 Å². The highest BCUT2D eigenvalue weighted by atomic mass is 15.3. The molecule has 104 valence electrons. The minimum atomic E-state index is 0.289. The van der Waals surface area contributed by atoms with Crippen molar-refractivity contribution in [2.45, 2.75) is 64.8 Å². The summed E-state index contributed by atoms with van der Waals surface area (Å²) in [5.41, 5.74) is 0. The number of hydrogen-bond acceptors (Lipinski definition) is 3. The van der Waals surface area contributed by atoms with Gasteiger partial charge < -0.3 is 9.88 Å². The fourth-order valence-corrected chi connectivity index (χ4v) is 2.18. The first-order chi connectivity index (χ1) is 8.75. The average Bonchev–Trinajstić information content (AvgIpc) is 2.79. The van der Waals surface area contributed by atoms with E-state index >= 15 is 0 Å². The Labute approximate surface area is 111 Å². The highest BCUT2D eigenvalue weighted by molar-refractivity contribution is 4.91. The van der Waals surface area contributed by atoms with Crippen molar-refractivity contribution in [2.75, 3.05) is 6.54 Å². The Balaban J connectivity index is 1.99. The zero-order valence-corrected chi connectivity index (χ0v) is 12.2. The van der Waals surface area contributed by atoms with E-state index in [4.69, 9.17) is 0 Å². The van der Waals surface area contributed by atoms with Crippen LogP contribution in [0, 0.1) is 0 Å². The maximum atomic E-state index is 4.11. The van der Waals surface area contributed by atoms with E-state index < -0.39 is 0 Å². The molecule has 4 heteroatoms. The van der Waals surface area contributed by atoms with Crippen molar-refractivity contribution in [2.24, 2.45) is 7.05 Å². The Morgan fingerprint density at radius 2 is 1.83 bits per heavy atom. The molecule has 0 radical (unpaired) electrons. The first kappa shape index (κ1) is 15.2. The van der Waals surface area contributed by atoms with Crippen molar-refractivity contribution < 1.29 is 0 Å². The lowest BCUT2D eigenvalue weighted by molar-refractivity contribution is 0.499. The zero-order valence-electron chi connectivity index (χ0n) is 12.2. The smallest absolute Gasteiger partial charge is 0.149 e. The van der Waals surface area contributed by atoms with Crippen LogP contribution in [0.3, 0.4) is 0 Å². The number of unbranched alkanes of at least 4 members (excludes halogenated alkanes) is 6. The van der Waals surface area contributed by atoms with Gasteiger partial charge in [0.2, 0.25) is 0 Å². The van der Waals surface area contributed by atoms with Crippen LogP contribution in [0.2, 0.25) is 0 Å². The summed E-state index contributed by atoms with van der Waals surface area (Å²) in [7, 11) is 1.99. The molecule has 18 heavy (non-hydrogen) atoms. The fourth-order valence-electron chi connectivity index (χ4n) is 2.18. The summed E-state index contributed by atoms with van der Waals surface area (Å²) in [6.07, 6.45) is 11.2. The minimum absolute atomic E-state index is 0.289. The van der Waals surface area contributed by atoms with Gasteiger partial charge in [-0.15, -0.1) is 10.2 Å². The number of aryl methyl sites for hydroxylation is 1. The molecule has 0 aliphatic heterocycles. The van der Waals surface area contributed by atoms with Gasteiger partial charge in [-0.2, -0.15) is 0 Å². The molecule has 0 saturated heterocycles. The Morgan fingerprint density at radius 1 is 1.17 bits per heavy atom. The number of hydrogen-bond donors (Lipinski definition) is 1. The summed E-state index contributed by atoms with van der Waals surface area (Å²) < 4.78 is 1.97. The number of rotatable bonds is 10. The van der Waals surface area contributed by atoms with Gasteiger partial charge in [0.15, 0.2) is 0 Å². The summed E-state index contributed by atoms with van der Waals surface area (Å²) in [5, 5.41) is 11.5. The van der Waals surface area contributed by atoms with Gasteiger partial charge in [0.05, 0.1) is 6.04 Å². The standard InChI is InChI=1S/C14H28N4/c1-4-5-6-7-8-9-10-11-15-13(2)14-17-16-12-18(14)3/h12-13,15H,4-11H2,1-3H3. The lowest BCUT2D eigenvalue weighted by Gasteiger charge is -2.12. The number of nitrogens with zero attached hydrogens (tertiary/aromatic N) is 3. The van der Waals surface area contributed by atoms with Crippen LogP contribution in [0.5, 0.6) is 0 Å². The van der Waals surface area contributed by atoms with Gasteiger partial charge >= 0.3 is 0 Å². The minimum Gasteiger partial charge on any atom is -0.319 e. The third-order valence-electron chi connectivity index (χ3n) is 3.36. The normalized spacial score (nSPS) is 12.8. The molecule has 4 nitrogen and oxygen atoms in total. The lowest BCUT2D eigenvalue weighted by atomic mass is 10.1. The molecule has 0 bridgehead atoms. The number of aromatic nitrogens is 3. The van der Waals surface area contributed by atoms with Gasteiger partial charge in [0.1, 0.15) is 12.2 Å². The first-order valence-electron chi connectivity index (χ1n) is 7.33. The molecule has 0 aromatic carbocycles. The molecule has 1 atom stereocenters. The van der Waals surface area contributed by atoms with Crippen molar-refractivity contribution in [3.05, 3.63) is 12.2 Å². The van der Waals surface area contributed by atoms with Crippen LogP contribution in [-0.2, 0) is 7.05 Å². The summed E-state index contributed by atoms with van der Waals surface area (Å²) in [6, 6.07) is 0.289. The largest absolute Gasteiger partial charge is 0.319 e. The molecule has 1 aromatic heterocycles.